The molecule has 13 heavy (non-hydrogen) atoms. The molecular weight excluding hydrogens is 160 g/mol. The van der Waals surface area contributed by atoms with Gasteiger partial charge in [0.05, 0.1) is 5.69 Å². The molecule has 1 aromatic heterocycles. The van der Waals surface area contributed by atoms with Crippen molar-refractivity contribution in [2.24, 2.45) is 0 Å². The van der Waals surface area contributed by atoms with Crippen molar-refractivity contribution in [1.82, 2.24) is 9.55 Å². The van der Waals surface area contributed by atoms with Crippen molar-refractivity contribution in [2.45, 2.75) is 53.0 Å². The van der Waals surface area contributed by atoms with Crippen LogP contribution in [0.25, 0.3) is 0 Å². The van der Waals surface area contributed by atoms with Crippen LogP contribution in [0.3, 0.4) is 0 Å². The summed E-state index contributed by atoms with van der Waals surface area (Å²) in [5, 5.41) is 0. The van der Waals surface area contributed by atoms with Crippen LogP contribution in [-0.4, -0.2) is 9.55 Å². The van der Waals surface area contributed by atoms with Crippen LogP contribution in [0.1, 0.15) is 44.6 Å². The second kappa shape index (κ2) is 5.05. The minimum absolute atomic E-state index is 1.04. The first-order valence-corrected chi connectivity index (χ1v) is 5.30. The Balaban J connectivity index is 2.53. The van der Waals surface area contributed by atoms with Gasteiger partial charge >= 0.3 is 0 Å². The molecular formula is C11H20N2. The van der Waals surface area contributed by atoms with Crippen LogP contribution in [0.15, 0.2) is 6.20 Å². The number of hydrogen-bond donors (Lipinski definition) is 0. The van der Waals surface area contributed by atoms with E-state index in [0.717, 1.165) is 18.7 Å². The summed E-state index contributed by atoms with van der Waals surface area (Å²) in [4.78, 5) is 4.47. The second-order valence-corrected chi connectivity index (χ2v) is 3.55. The van der Waals surface area contributed by atoms with Gasteiger partial charge in [0.25, 0.3) is 0 Å². The number of aromatic nitrogens is 2. The minimum Gasteiger partial charge on any atom is -0.335 e. The van der Waals surface area contributed by atoms with Gasteiger partial charge in [-0.3, -0.25) is 0 Å². The normalized spacial score (nSPS) is 10.7. The molecule has 0 N–H and O–H groups in total. The summed E-state index contributed by atoms with van der Waals surface area (Å²) in [6.07, 6.45) is 7.09. The zero-order chi connectivity index (χ0) is 9.68. The van der Waals surface area contributed by atoms with Crippen molar-refractivity contribution in [1.29, 1.82) is 0 Å². The maximum atomic E-state index is 4.47. The predicted octanol–water partition coefficient (Wildman–Crippen LogP) is 2.94. The molecule has 0 aliphatic rings. The smallest absolute Gasteiger partial charge is 0.108 e. The maximum absolute atomic E-state index is 4.47. The number of aryl methyl sites for hydroxylation is 3. The molecule has 0 amide bonds. The van der Waals surface area contributed by atoms with E-state index in [9.17, 15) is 0 Å². The van der Waals surface area contributed by atoms with E-state index in [4.69, 9.17) is 0 Å². The van der Waals surface area contributed by atoms with Crippen LogP contribution in [0.2, 0.25) is 0 Å². The molecule has 0 spiro atoms. The quantitative estimate of drug-likeness (QED) is 0.637. The first-order valence-electron chi connectivity index (χ1n) is 5.30. The fourth-order valence-corrected chi connectivity index (χ4v) is 1.60. The third-order valence-electron chi connectivity index (χ3n) is 2.30. The van der Waals surface area contributed by atoms with Crippen molar-refractivity contribution in [3.8, 4) is 0 Å². The highest BCUT2D eigenvalue weighted by Gasteiger charge is 2.01. The van der Waals surface area contributed by atoms with Gasteiger partial charge < -0.3 is 4.57 Å². The monoisotopic (exact) mass is 180 g/mol. The van der Waals surface area contributed by atoms with E-state index < -0.39 is 0 Å². The summed E-state index contributed by atoms with van der Waals surface area (Å²) in [5.74, 6) is 1.23. The Morgan fingerprint density at radius 3 is 2.69 bits per heavy atom. The molecule has 74 valence electrons. The lowest BCUT2D eigenvalue weighted by Crippen LogP contribution is -2.01. The summed E-state index contributed by atoms with van der Waals surface area (Å²) < 4.78 is 2.30. The molecule has 2 heteroatoms. The Bertz CT molecular complexity index is 251. The fourth-order valence-electron chi connectivity index (χ4n) is 1.60. The molecule has 0 aliphatic heterocycles. The van der Waals surface area contributed by atoms with Gasteiger partial charge in [0.15, 0.2) is 0 Å². The molecule has 0 bridgehead atoms. The molecule has 0 saturated carbocycles. The van der Waals surface area contributed by atoms with Gasteiger partial charge in [0.2, 0.25) is 0 Å². The van der Waals surface area contributed by atoms with Gasteiger partial charge in [-0.15, -0.1) is 0 Å². The number of nitrogens with zero attached hydrogens (tertiary/aromatic N) is 2. The molecule has 1 aromatic rings. The van der Waals surface area contributed by atoms with Crippen molar-refractivity contribution in [3.63, 3.8) is 0 Å². The minimum atomic E-state index is 1.04. The lowest BCUT2D eigenvalue weighted by atomic mass is 10.2. The van der Waals surface area contributed by atoms with Crippen LogP contribution < -0.4 is 0 Å². The fraction of sp³-hybridized carbons (Fsp3) is 0.727. The molecule has 1 heterocycles. The maximum Gasteiger partial charge on any atom is 0.108 e. The topological polar surface area (TPSA) is 17.8 Å². The van der Waals surface area contributed by atoms with Gasteiger partial charge in [0.1, 0.15) is 5.82 Å². The molecule has 0 aromatic carbocycles. The van der Waals surface area contributed by atoms with E-state index in [-0.39, 0.29) is 0 Å². The zero-order valence-corrected chi connectivity index (χ0v) is 9.01. The Hall–Kier alpha value is -0.790. The van der Waals surface area contributed by atoms with Crippen molar-refractivity contribution >= 4 is 0 Å². The Labute approximate surface area is 81.0 Å². The SMILES string of the molecule is CCCCCn1cc(C)nc1CC. The summed E-state index contributed by atoms with van der Waals surface area (Å²) in [5.41, 5.74) is 1.15. The molecule has 0 saturated heterocycles. The predicted molar refractivity (Wildman–Crippen MR) is 55.9 cm³/mol. The molecule has 0 fully saturated rings. The van der Waals surface area contributed by atoms with E-state index in [1.54, 1.807) is 0 Å². The van der Waals surface area contributed by atoms with E-state index in [1.807, 2.05) is 0 Å². The summed E-state index contributed by atoms with van der Waals surface area (Å²) in [7, 11) is 0. The van der Waals surface area contributed by atoms with Gasteiger partial charge in [-0.2, -0.15) is 0 Å². The highest BCUT2D eigenvalue weighted by Crippen LogP contribution is 2.06. The number of imidazole rings is 1. The molecule has 0 aliphatic carbocycles. The molecule has 0 atom stereocenters. The van der Waals surface area contributed by atoms with E-state index in [0.29, 0.717) is 0 Å². The first kappa shape index (κ1) is 10.3. The van der Waals surface area contributed by atoms with Gasteiger partial charge in [-0.1, -0.05) is 26.7 Å². The molecule has 2 nitrogen and oxygen atoms in total. The van der Waals surface area contributed by atoms with Crippen LogP contribution in [0.5, 0.6) is 0 Å². The third kappa shape index (κ3) is 2.87. The van der Waals surface area contributed by atoms with Crippen molar-refractivity contribution < 1.29 is 0 Å². The average molecular weight is 180 g/mol. The Kier molecular flexibility index (Phi) is 4.00. The number of hydrogen-bond acceptors (Lipinski definition) is 1. The highest BCUT2D eigenvalue weighted by molar-refractivity contribution is 5.01. The Morgan fingerprint density at radius 2 is 2.08 bits per heavy atom. The van der Waals surface area contributed by atoms with Gasteiger partial charge in [-0.25, -0.2) is 4.98 Å². The average Bonchev–Trinajstić information content (AvgIpc) is 2.47. The summed E-state index contributed by atoms with van der Waals surface area (Å²) in [6.45, 7) is 7.60. The van der Waals surface area contributed by atoms with Crippen molar-refractivity contribution in [2.75, 3.05) is 0 Å². The lowest BCUT2D eigenvalue weighted by molar-refractivity contribution is 0.582. The van der Waals surface area contributed by atoms with E-state index >= 15 is 0 Å². The van der Waals surface area contributed by atoms with Gasteiger partial charge in [0, 0.05) is 19.2 Å². The standard InChI is InChI=1S/C11H20N2/c1-4-6-7-8-13-9-10(3)12-11(13)5-2/h9H,4-8H2,1-3H3. The van der Waals surface area contributed by atoms with Crippen LogP contribution in [-0.2, 0) is 13.0 Å². The third-order valence-corrected chi connectivity index (χ3v) is 2.30. The molecule has 0 unspecified atom stereocenters. The number of unbranched alkanes of at least 4 members (excludes halogenated alkanes) is 2. The number of rotatable bonds is 5. The Morgan fingerprint density at radius 1 is 1.31 bits per heavy atom. The van der Waals surface area contributed by atoms with Crippen LogP contribution in [0.4, 0.5) is 0 Å². The second-order valence-electron chi connectivity index (χ2n) is 3.55. The van der Waals surface area contributed by atoms with Crippen molar-refractivity contribution in [3.05, 3.63) is 17.7 Å². The van der Waals surface area contributed by atoms with E-state index in [1.165, 1.54) is 25.1 Å². The van der Waals surface area contributed by atoms with Crippen LogP contribution >= 0.6 is 0 Å². The molecule has 1 rings (SSSR count). The largest absolute Gasteiger partial charge is 0.335 e. The zero-order valence-electron chi connectivity index (χ0n) is 9.01. The van der Waals surface area contributed by atoms with Crippen LogP contribution in [0, 0.1) is 6.92 Å². The highest BCUT2D eigenvalue weighted by atomic mass is 15.1. The lowest BCUT2D eigenvalue weighted by Gasteiger charge is -2.04. The van der Waals surface area contributed by atoms with Gasteiger partial charge in [-0.05, 0) is 13.3 Å². The summed E-state index contributed by atoms with van der Waals surface area (Å²) in [6, 6.07) is 0. The molecule has 0 radical (unpaired) electrons. The van der Waals surface area contributed by atoms with E-state index in [2.05, 4.69) is 36.5 Å². The summed E-state index contributed by atoms with van der Waals surface area (Å²) >= 11 is 0. The first-order chi connectivity index (χ1) is 6.27.